The van der Waals surface area contributed by atoms with E-state index in [4.69, 9.17) is 4.74 Å². The third-order valence-electron chi connectivity index (χ3n) is 3.63. The Bertz CT molecular complexity index is 557. The molecule has 2 rings (SSSR count). The predicted octanol–water partition coefficient (Wildman–Crippen LogP) is 1.70. The van der Waals surface area contributed by atoms with Gasteiger partial charge in [-0.15, -0.1) is 12.4 Å². The van der Waals surface area contributed by atoms with Crippen LogP contribution >= 0.6 is 12.4 Å². The Kier molecular flexibility index (Phi) is 6.93. The zero-order chi connectivity index (χ0) is 14.6. The number of piperidine rings is 1. The second kappa shape index (κ2) is 7.98. The molecule has 1 saturated heterocycles. The molecule has 0 aliphatic carbocycles. The largest absolute Gasteiger partial charge is 0.497 e. The van der Waals surface area contributed by atoms with E-state index in [0.717, 1.165) is 25.9 Å². The highest BCUT2D eigenvalue weighted by molar-refractivity contribution is 7.89. The first-order valence-electron chi connectivity index (χ1n) is 6.88. The molecule has 1 unspecified atom stereocenters. The van der Waals surface area contributed by atoms with Crippen molar-refractivity contribution in [3.63, 3.8) is 0 Å². The van der Waals surface area contributed by atoms with E-state index in [0.29, 0.717) is 28.7 Å². The van der Waals surface area contributed by atoms with Crippen molar-refractivity contribution >= 4 is 22.4 Å². The molecule has 0 spiro atoms. The molecule has 1 aliphatic heterocycles. The maximum Gasteiger partial charge on any atom is 0.240 e. The SMILES string of the molecule is COc1ccc(S(=O)(=O)NCC2CCCNC2)c(C)c1.Cl. The van der Waals surface area contributed by atoms with E-state index in [1.807, 2.05) is 0 Å². The highest BCUT2D eigenvalue weighted by Crippen LogP contribution is 2.21. The fraction of sp³-hybridized carbons (Fsp3) is 0.571. The van der Waals surface area contributed by atoms with Gasteiger partial charge in [-0.25, -0.2) is 13.1 Å². The van der Waals surface area contributed by atoms with Crippen LogP contribution in [-0.2, 0) is 10.0 Å². The number of aryl methyl sites for hydroxylation is 1. The van der Waals surface area contributed by atoms with Gasteiger partial charge in [-0.1, -0.05) is 0 Å². The summed E-state index contributed by atoms with van der Waals surface area (Å²) in [5, 5.41) is 3.29. The molecule has 0 amide bonds. The van der Waals surface area contributed by atoms with Crippen LogP contribution in [0.1, 0.15) is 18.4 Å². The van der Waals surface area contributed by atoms with Crippen LogP contribution in [0.4, 0.5) is 0 Å². The zero-order valence-corrected chi connectivity index (χ0v) is 14.0. The van der Waals surface area contributed by atoms with Crippen LogP contribution in [-0.4, -0.2) is 35.2 Å². The lowest BCUT2D eigenvalue weighted by Crippen LogP contribution is -2.38. The Hall–Kier alpha value is -0.820. The predicted molar refractivity (Wildman–Crippen MR) is 85.8 cm³/mol. The molecule has 0 saturated carbocycles. The van der Waals surface area contributed by atoms with Crippen molar-refractivity contribution < 1.29 is 13.2 Å². The van der Waals surface area contributed by atoms with Gasteiger partial charge < -0.3 is 10.1 Å². The first kappa shape index (κ1) is 18.2. The van der Waals surface area contributed by atoms with Gasteiger partial charge in [-0.05, 0) is 62.5 Å². The molecule has 1 aliphatic rings. The van der Waals surface area contributed by atoms with Crippen molar-refractivity contribution in [3.05, 3.63) is 23.8 Å². The van der Waals surface area contributed by atoms with Gasteiger partial charge in [0.25, 0.3) is 0 Å². The summed E-state index contributed by atoms with van der Waals surface area (Å²) < 4.78 is 32.5. The number of nitrogens with one attached hydrogen (secondary N) is 2. The van der Waals surface area contributed by atoms with Gasteiger partial charge in [-0.2, -0.15) is 0 Å². The van der Waals surface area contributed by atoms with Gasteiger partial charge in [0.1, 0.15) is 5.75 Å². The minimum absolute atomic E-state index is 0. The summed E-state index contributed by atoms with van der Waals surface area (Å²) in [5.41, 5.74) is 0.693. The van der Waals surface area contributed by atoms with E-state index in [1.165, 1.54) is 0 Å². The lowest BCUT2D eigenvalue weighted by Gasteiger charge is -2.23. The van der Waals surface area contributed by atoms with Gasteiger partial charge in [0.15, 0.2) is 0 Å². The van der Waals surface area contributed by atoms with E-state index < -0.39 is 10.0 Å². The van der Waals surface area contributed by atoms with E-state index in [9.17, 15) is 8.42 Å². The Morgan fingerprint density at radius 1 is 1.43 bits per heavy atom. The smallest absolute Gasteiger partial charge is 0.240 e. The first-order valence-corrected chi connectivity index (χ1v) is 8.36. The van der Waals surface area contributed by atoms with E-state index in [2.05, 4.69) is 10.0 Å². The summed E-state index contributed by atoms with van der Waals surface area (Å²) in [6, 6.07) is 5.00. The van der Waals surface area contributed by atoms with Crippen LogP contribution in [0, 0.1) is 12.8 Å². The van der Waals surface area contributed by atoms with Crippen LogP contribution in [0.15, 0.2) is 23.1 Å². The zero-order valence-electron chi connectivity index (χ0n) is 12.4. The summed E-state index contributed by atoms with van der Waals surface area (Å²) >= 11 is 0. The van der Waals surface area contributed by atoms with E-state index in [1.54, 1.807) is 32.2 Å². The van der Waals surface area contributed by atoms with Crippen molar-refractivity contribution in [1.29, 1.82) is 0 Å². The highest BCUT2D eigenvalue weighted by atomic mass is 35.5. The Morgan fingerprint density at radius 2 is 2.19 bits per heavy atom. The lowest BCUT2D eigenvalue weighted by atomic mass is 10.0. The molecule has 1 heterocycles. The second-order valence-corrected chi connectivity index (χ2v) is 6.93. The minimum Gasteiger partial charge on any atom is -0.497 e. The van der Waals surface area contributed by atoms with Crippen LogP contribution in [0.5, 0.6) is 5.75 Å². The van der Waals surface area contributed by atoms with Crippen LogP contribution < -0.4 is 14.8 Å². The number of halogens is 1. The summed E-state index contributed by atoms with van der Waals surface area (Å²) in [6.45, 7) is 4.17. The lowest BCUT2D eigenvalue weighted by molar-refractivity contribution is 0.376. The first-order chi connectivity index (χ1) is 9.53. The van der Waals surface area contributed by atoms with Gasteiger partial charge in [0, 0.05) is 6.54 Å². The number of rotatable bonds is 5. The molecule has 0 aromatic heterocycles. The molecule has 1 fully saturated rings. The normalized spacial score (nSPS) is 18.9. The summed E-state index contributed by atoms with van der Waals surface area (Å²) in [6.07, 6.45) is 2.17. The average Bonchev–Trinajstić information content (AvgIpc) is 2.46. The molecule has 21 heavy (non-hydrogen) atoms. The molecule has 120 valence electrons. The Morgan fingerprint density at radius 3 is 2.76 bits per heavy atom. The van der Waals surface area contributed by atoms with E-state index in [-0.39, 0.29) is 12.4 Å². The summed E-state index contributed by atoms with van der Waals surface area (Å²) in [5.74, 6) is 1.04. The fourth-order valence-corrected chi connectivity index (χ4v) is 3.79. The summed E-state index contributed by atoms with van der Waals surface area (Å²) in [4.78, 5) is 0.321. The average molecular weight is 335 g/mol. The number of hydrogen-bond acceptors (Lipinski definition) is 4. The number of ether oxygens (including phenoxy) is 1. The highest BCUT2D eigenvalue weighted by Gasteiger charge is 2.20. The number of sulfonamides is 1. The van der Waals surface area contributed by atoms with Gasteiger partial charge in [0.2, 0.25) is 10.0 Å². The Balaban J connectivity index is 0.00000220. The molecule has 5 nitrogen and oxygen atoms in total. The topological polar surface area (TPSA) is 67.4 Å². The molecule has 2 N–H and O–H groups in total. The third kappa shape index (κ3) is 4.85. The number of hydrogen-bond donors (Lipinski definition) is 2. The van der Waals surface area contributed by atoms with Crippen LogP contribution in [0.3, 0.4) is 0 Å². The standard InChI is InChI=1S/C14H22N2O3S.ClH/c1-11-8-13(19-2)5-6-14(11)20(17,18)16-10-12-4-3-7-15-9-12;/h5-6,8,12,15-16H,3-4,7,9-10H2,1-2H3;1H. The van der Waals surface area contributed by atoms with E-state index >= 15 is 0 Å². The van der Waals surface area contributed by atoms with Gasteiger partial charge in [-0.3, -0.25) is 0 Å². The molecule has 1 aromatic rings. The van der Waals surface area contributed by atoms with Crippen LogP contribution in [0.2, 0.25) is 0 Å². The van der Waals surface area contributed by atoms with Crippen molar-refractivity contribution in [2.24, 2.45) is 5.92 Å². The van der Waals surface area contributed by atoms with Crippen molar-refractivity contribution in [2.45, 2.75) is 24.7 Å². The molecular weight excluding hydrogens is 312 g/mol. The number of benzene rings is 1. The minimum atomic E-state index is -3.45. The molecular formula is C14H23ClN2O3S. The quantitative estimate of drug-likeness (QED) is 0.860. The maximum absolute atomic E-state index is 12.3. The third-order valence-corrected chi connectivity index (χ3v) is 5.22. The second-order valence-electron chi connectivity index (χ2n) is 5.20. The van der Waals surface area contributed by atoms with Crippen LogP contribution in [0.25, 0.3) is 0 Å². The molecule has 7 heteroatoms. The molecule has 0 bridgehead atoms. The molecule has 0 radical (unpaired) electrons. The van der Waals surface area contributed by atoms with Crippen molar-refractivity contribution in [3.8, 4) is 5.75 Å². The summed E-state index contributed by atoms with van der Waals surface area (Å²) in [7, 11) is -1.88. The van der Waals surface area contributed by atoms with Gasteiger partial charge >= 0.3 is 0 Å². The molecule has 1 atom stereocenters. The Labute approximate surface area is 132 Å². The van der Waals surface area contributed by atoms with Crippen molar-refractivity contribution in [1.82, 2.24) is 10.0 Å². The molecule has 1 aromatic carbocycles. The van der Waals surface area contributed by atoms with Crippen molar-refractivity contribution in [2.75, 3.05) is 26.7 Å². The van der Waals surface area contributed by atoms with Gasteiger partial charge in [0.05, 0.1) is 12.0 Å². The monoisotopic (exact) mass is 334 g/mol. The fourth-order valence-electron chi connectivity index (χ4n) is 2.45. The number of methoxy groups -OCH3 is 1. The maximum atomic E-state index is 12.3.